The van der Waals surface area contributed by atoms with Gasteiger partial charge in [0.2, 0.25) is 0 Å². The van der Waals surface area contributed by atoms with Gasteiger partial charge in [-0.05, 0) is 60.9 Å². The first-order chi connectivity index (χ1) is 15.5. The number of rotatable bonds is 7. The number of hydrogen-bond acceptors (Lipinski definition) is 4. The molecule has 6 nitrogen and oxygen atoms in total. The highest BCUT2D eigenvalue weighted by atomic mass is 16.5. The molecule has 1 saturated carbocycles. The Morgan fingerprint density at radius 2 is 1.91 bits per heavy atom. The van der Waals surface area contributed by atoms with E-state index in [1.807, 2.05) is 12.1 Å². The second-order valence-corrected chi connectivity index (χ2v) is 8.97. The first kappa shape index (κ1) is 22.3. The molecule has 0 unspecified atom stereocenters. The molecule has 2 aliphatic rings. The summed E-state index contributed by atoms with van der Waals surface area (Å²) >= 11 is 0. The van der Waals surface area contributed by atoms with Crippen LogP contribution in [0.4, 0.5) is 0 Å². The Bertz CT molecular complexity index is 989. The van der Waals surface area contributed by atoms with E-state index in [0.29, 0.717) is 36.0 Å². The molecule has 0 aromatic heterocycles. The van der Waals surface area contributed by atoms with Crippen LogP contribution in [0.15, 0.2) is 42.5 Å². The average Bonchev–Trinajstić information content (AvgIpc) is 2.78. The minimum absolute atomic E-state index is 0.366. The number of nitrogens with one attached hydrogen (secondary N) is 1. The summed E-state index contributed by atoms with van der Waals surface area (Å²) in [6.07, 6.45) is 3.59. The van der Waals surface area contributed by atoms with Crippen molar-refractivity contribution >= 4 is 11.9 Å². The van der Waals surface area contributed by atoms with Crippen molar-refractivity contribution in [2.75, 3.05) is 20.3 Å². The van der Waals surface area contributed by atoms with Gasteiger partial charge in [-0.25, -0.2) is 4.79 Å². The van der Waals surface area contributed by atoms with E-state index in [-0.39, 0.29) is 5.91 Å². The van der Waals surface area contributed by atoms with Crippen molar-refractivity contribution in [3.05, 3.63) is 53.6 Å². The van der Waals surface area contributed by atoms with E-state index in [9.17, 15) is 14.7 Å². The van der Waals surface area contributed by atoms with Gasteiger partial charge in [-0.15, -0.1) is 0 Å². The molecular formula is C26H31NO5. The van der Waals surface area contributed by atoms with Crippen LogP contribution in [0.5, 0.6) is 5.75 Å². The van der Waals surface area contributed by atoms with Crippen molar-refractivity contribution in [1.82, 2.24) is 5.32 Å². The highest BCUT2D eigenvalue weighted by molar-refractivity contribution is 5.99. The molecule has 1 aliphatic carbocycles. The predicted molar refractivity (Wildman–Crippen MR) is 122 cm³/mol. The van der Waals surface area contributed by atoms with Crippen LogP contribution in [0.2, 0.25) is 0 Å². The Morgan fingerprint density at radius 1 is 1.16 bits per heavy atom. The summed E-state index contributed by atoms with van der Waals surface area (Å²) in [5.74, 6) is 0.265. The van der Waals surface area contributed by atoms with Gasteiger partial charge in [-0.1, -0.05) is 37.6 Å². The summed E-state index contributed by atoms with van der Waals surface area (Å²) in [4.78, 5) is 25.3. The zero-order valence-corrected chi connectivity index (χ0v) is 18.7. The third-order valence-corrected chi connectivity index (χ3v) is 7.07. The second kappa shape index (κ2) is 9.33. The summed E-state index contributed by atoms with van der Waals surface area (Å²) in [5.41, 5.74) is 2.19. The monoisotopic (exact) mass is 437 g/mol. The van der Waals surface area contributed by atoms with Crippen LogP contribution in [0.1, 0.15) is 60.9 Å². The molecule has 1 aliphatic heterocycles. The number of carboxylic acids is 1. The van der Waals surface area contributed by atoms with Crippen LogP contribution in [0, 0.1) is 5.92 Å². The van der Waals surface area contributed by atoms with Gasteiger partial charge >= 0.3 is 5.97 Å². The lowest BCUT2D eigenvalue weighted by Crippen LogP contribution is -2.56. The normalized spacial score (nSPS) is 23.2. The molecule has 1 heterocycles. The molecular weight excluding hydrogens is 406 g/mol. The van der Waals surface area contributed by atoms with Crippen molar-refractivity contribution < 1.29 is 24.2 Å². The summed E-state index contributed by atoms with van der Waals surface area (Å²) in [6, 6.07) is 13.4. The Labute approximate surface area is 188 Å². The van der Waals surface area contributed by atoms with Crippen molar-refractivity contribution in [1.29, 1.82) is 0 Å². The molecule has 2 aromatic carbocycles. The average molecular weight is 438 g/mol. The highest BCUT2D eigenvalue weighted by Crippen LogP contribution is 2.36. The number of ether oxygens (including phenoxy) is 2. The lowest BCUT2D eigenvalue weighted by Gasteiger charge is -2.37. The molecule has 2 aromatic rings. The van der Waals surface area contributed by atoms with Crippen LogP contribution >= 0.6 is 0 Å². The standard InChI is InChI=1S/C26H31NO5/c1-3-17-9-11-26(12-10-17,25(29)30)27-24(28)20-7-8-23(31-2)22(14-20)19-6-4-5-18(13-19)21-15-32-16-21/h4-8,13-14,17,21H,3,9-12,15-16H2,1-2H3,(H,27,28)(H,29,30)/t17-,26-. The minimum atomic E-state index is -1.20. The number of benzene rings is 2. The lowest BCUT2D eigenvalue weighted by molar-refractivity contribution is -0.146. The van der Waals surface area contributed by atoms with Crippen molar-refractivity contribution in [2.24, 2.45) is 5.92 Å². The molecule has 1 saturated heterocycles. The summed E-state index contributed by atoms with van der Waals surface area (Å²) < 4.78 is 10.9. The van der Waals surface area contributed by atoms with Gasteiger partial charge in [-0.3, -0.25) is 4.79 Å². The number of carboxylic acid groups (broad SMARTS) is 1. The molecule has 0 atom stereocenters. The fourth-order valence-electron chi connectivity index (χ4n) is 4.72. The van der Waals surface area contributed by atoms with Crippen LogP contribution in [-0.2, 0) is 9.53 Å². The van der Waals surface area contributed by atoms with Crippen LogP contribution in [0.25, 0.3) is 11.1 Å². The maximum Gasteiger partial charge on any atom is 0.329 e. The van der Waals surface area contributed by atoms with E-state index >= 15 is 0 Å². The first-order valence-electron chi connectivity index (χ1n) is 11.4. The quantitative estimate of drug-likeness (QED) is 0.660. The third-order valence-electron chi connectivity index (χ3n) is 7.07. The van der Waals surface area contributed by atoms with Gasteiger partial charge in [0.05, 0.1) is 20.3 Å². The summed E-state index contributed by atoms with van der Waals surface area (Å²) in [5, 5.41) is 12.8. The molecule has 1 amide bonds. The maximum absolute atomic E-state index is 13.2. The Hall–Kier alpha value is -2.86. The van der Waals surface area contributed by atoms with Gasteiger partial charge in [0.1, 0.15) is 11.3 Å². The van der Waals surface area contributed by atoms with Crippen molar-refractivity contribution in [3.63, 3.8) is 0 Å². The number of aliphatic carboxylic acids is 1. The van der Waals surface area contributed by atoms with Gasteiger partial charge in [0.15, 0.2) is 0 Å². The molecule has 0 spiro atoms. The smallest absolute Gasteiger partial charge is 0.329 e. The summed E-state index contributed by atoms with van der Waals surface area (Å²) in [6.45, 7) is 3.57. The number of carbonyl (C=O) groups is 2. The third kappa shape index (κ3) is 4.37. The molecule has 32 heavy (non-hydrogen) atoms. The Morgan fingerprint density at radius 3 is 2.50 bits per heavy atom. The van der Waals surface area contributed by atoms with Gasteiger partial charge in [0.25, 0.3) is 5.91 Å². The molecule has 170 valence electrons. The topological polar surface area (TPSA) is 84.9 Å². The molecule has 4 rings (SSSR count). The molecule has 0 radical (unpaired) electrons. The van der Waals surface area contributed by atoms with Crippen LogP contribution in [0.3, 0.4) is 0 Å². The van der Waals surface area contributed by atoms with Gasteiger partial charge in [0, 0.05) is 17.0 Å². The number of hydrogen-bond donors (Lipinski definition) is 2. The largest absolute Gasteiger partial charge is 0.496 e. The fraction of sp³-hybridized carbons (Fsp3) is 0.462. The van der Waals surface area contributed by atoms with Gasteiger partial charge in [-0.2, -0.15) is 0 Å². The predicted octanol–water partition coefficient (Wildman–Crippen LogP) is 4.63. The molecule has 2 fully saturated rings. The summed E-state index contributed by atoms with van der Waals surface area (Å²) in [7, 11) is 1.60. The number of amides is 1. The highest BCUT2D eigenvalue weighted by Gasteiger charge is 2.43. The SMILES string of the molecule is CC[C@H]1CC[C@@](NC(=O)c2ccc(OC)c(-c3cccc(C4COC4)c3)c2)(C(=O)O)CC1. The van der Waals surface area contributed by atoms with E-state index in [0.717, 1.165) is 43.6 Å². The van der Waals surface area contributed by atoms with E-state index in [1.165, 1.54) is 5.56 Å². The lowest BCUT2D eigenvalue weighted by atomic mass is 9.75. The Kier molecular flexibility index (Phi) is 6.51. The molecule has 2 N–H and O–H groups in total. The molecule has 0 bridgehead atoms. The number of methoxy groups -OCH3 is 1. The minimum Gasteiger partial charge on any atom is -0.496 e. The number of carbonyl (C=O) groups excluding carboxylic acids is 1. The first-order valence-corrected chi connectivity index (χ1v) is 11.4. The fourth-order valence-corrected chi connectivity index (χ4v) is 4.72. The van der Waals surface area contributed by atoms with E-state index in [1.54, 1.807) is 25.3 Å². The Balaban J connectivity index is 1.60. The maximum atomic E-state index is 13.2. The van der Waals surface area contributed by atoms with E-state index in [2.05, 4.69) is 24.4 Å². The van der Waals surface area contributed by atoms with Crippen molar-refractivity contribution in [2.45, 2.75) is 50.5 Å². The second-order valence-electron chi connectivity index (χ2n) is 8.97. The molecule has 6 heteroatoms. The van der Waals surface area contributed by atoms with Crippen LogP contribution in [-0.4, -0.2) is 42.8 Å². The van der Waals surface area contributed by atoms with Crippen molar-refractivity contribution in [3.8, 4) is 16.9 Å². The van der Waals surface area contributed by atoms with Gasteiger partial charge < -0.3 is 19.9 Å². The zero-order valence-electron chi connectivity index (χ0n) is 18.7. The van der Waals surface area contributed by atoms with Crippen LogP contribution < -0.4 is 10.1 Å². The van der Waals surface area contributed by atoms with E-state index < -0.39 is 11.5 Å². The van der Waals surface area contributed by atoms with E-state index in [4.69, 9.17) is 9.47 Å². The zero-order chi connectivity index (χ0) is 22.7.